The Morgan fingerprint density at radius 3 is 2.58 bits per heavy atom. The summed E-state index contributed by atoms with van der Waals surface area (Å²) in [6.07, 6.45) is -2.27. The smallest absolute Gasteiger partial charge is 0.417 e. The number of rotatable bonds is 5. The van der Waals surface area contributed by atoms with Gasteiger partial charge in [-0.25, -0.2) is 4.79 Å². The summed E-state index contributed by atoms with van der Waals surface area (Å²) >= 11 is 0. The van der Waals surface area contributed by atoms with Crippen LogP contribution in [0.1, 0.15) is 35.5 Å². The zero-order valence-corrected chi connectivity index (χ0v) is 13.1. The molecule has 0 aliphatic carbocycles. The maximum atomic E-state index is 13.1. The second-order valence-electron chi connectivity index (χ2n) is 4.95. The Labute approximate surface area is 135 Å². The molecule has 0 amide bonds. The third-order valence-electron chi connectivity index (χ3n) is 3.28. The van der Waals surface area contributed by atoms with Gasteiger partial charge in [-0.05, 0) is 19.9 Å². The van der Waals surface area contributed by atoms with Crippen molar-refractivity contribution in [2.75, 3.05) is 6.61 Å². The monoisotopic (exact) mass is 343 g/mol. The van der Waals surface area contributed by atoms with Gasteiger partial charge >= 0.3 is 12.1 Å². The van der Waals surface area contributed by atoms with Crippen molar-refractivity contribution in [3.05, 3.63) is 51.7 Å². The molecule has 0 spiro atoms. The van der Waals surface area contributed by atoms with Crippen molar-refractivity contribution in [3.63, 3.8) is 0 Å². The molecular weight excluding hydrogens is 327 g/mol. The van der Waals surface area contributed by atoms with E-state index in [-0.39, 0.29) is 13.2 Å². The van der Waals surface area contributed by atoms with Gasteiger partial charge in [0.25, 0.3) is 5.56 Å². The van der Waals surface area contributed by atoms with Gasteiger partial charge in [0.05, 0.1) is 30.0 Å². The molecule has 0 aromatic carbocycles. The number of aryl methyl sites for hydroxylation is 1. The van der Waals surface area contributed by atoms with Crippen molar-refractivity contribution in [2.24, 2.45) is 0 Å². The Hall–Kier alpha value is -2.58. The molecule has 2 heterocycles. The van der Waals surface area contributed by atoms with Crippen molar-refractivity contribution in [1.82, 2.24) is 14.3 Å². The normalized spacial score (nSPS) is 11.5. The van der Waals surface area contributed by atoms with E-state index in [0.717, 1.165) is 10.8 Å². The van der Waals surface area contributed by atoms with Gasteiger partial charge < -0.3 is 9.30 Å². The second-order valence-corrected chi connectivity index (χ2v) is 4.95. The van der Waals surface area contributed by atoms with Crippen LogP contribution in [0.2, 0.25) is 0 Å². The predicted molar refractivity (Wildman–Crippen MR) is 78.7 cm³/mol. The minimum absolute atomic E-state index is 0.0453. The standard InChI is InChI=1S/C15H16F3N3O3/c1-3-21-6-5-10(19-21)8-20-9-11(14(23)24-4-2)12(7-13(20)22)15(16,17)18/h5-7,9H,3-4,8H2,1-2H3. The van der Waals surface area contributed by atoms with Crippen LogP contribution in [0.4, 0.5) is 13.2 Å². The lowest BCUT2D eigenvalue weighted by Crippen LogP contribution is -2.26. The number of hydrogen-bond donors (Lipinski definition) is 0. The van der Waals surface area contributed by atoms with Crippen molar-refractivity contribution < 1.29 is 22.7 Å². The van der Waals surface area contributed by atoms with E-state index < -0.39 is 28.8 Å². The van der Waals surface area contributed by atoms with Crippen LogP contribution in [-0.4, -0.2) is 26.9 Å². The van der Waals surface area contributed by atoms with Gasteiger partial charge in [0, 0.05) is 25.0 Å². The minimum Gasteiger partial charge on any atom is -0.462 e. The second kappa shape index (κ2) is 6.90. The molecule has 0 radical (unpaired) electrons. The summed E-state index contributed by atoms with van der Waals surface area (Å²) in [5.41, 5.74) is -2.38. The number of carbonyl (C=O) groups excluding carboxylic acids is 1. The summed E-state index contributed by atoms with van der Waals surface area (Å²) in [5, 5.41) is 4.17. The largest absolute Gasteiger partial charge is 0.462 e. The lowest BCUT2D eigenvalue weighted by molar-refractivity contribution is -0.138. The van der Waals surface area contributed by atoms with Gasteiger partial charge in [-0.1, -0.05) is 0 Å². The lowest BCUT2D eigenvalue weighted by atomic mass is 10.1. The maximum Gasteiger partial charge on any atom is 0.417 e. The van der Waals surface area contributed by atoms with Crippen molar-refractivity contribution in [1.29, 1.82) is 0 Å². The Bertz CT molecular complexity index is 793. The molecule has 2 rings (SSSR count). The molecule has 0 aliphatic heterocycles. The number of ether oxygens (including phenoxy) is 1. The Balaban J connectivity index is 2.47. The maximum absolute atomic E-state index is 13.1. The number of alkyl halides is 3. The summed E-state index contributed by atoms with van der Waals surface area (Å²) in [4.78, 5) is 23.8. The van der Waals surface area contributed by atoms with Crippen molar-refractivity contribution in [2.45, 2.75) is 33.1 Å². The number of esters is 1. The highest BCUT2D eigenvalue weighted by Gasteiger charge is 2.36. The summed E-state index contributed by atoms with van der Waals surface area (Å²) in [5.74, 6) is -1.13. The molecule has 0 bridgehead atoms. The molecule has 0 saturated carbocycles. The average Bonchev–Trinajstić information content (AvgIpc) is 2.96. The molecule has 0 fully saturated rings. The van der Waals surface area contributed by atoms with E-state index in [1.807, 2.05) is 6.92 Å². The molecule has 0 N–H and O–H groups in total. The summed E-state index contributed by atoms with van der Waals surface area (Å²) in [6, 6.07) is 2.06. The SMILES string of the molecule is CCOC(=O)c1cn(Cc2ccn(CC)n2)c(=O)cc1C(F)(F)F. The number of halogens is 3. The van der Waals surface area contributed by atoms with E-state index in [4.69, 9.17) is 0 Å². The molecule has 24 heavy (non-hydrogen) atoms. The van der Waals surface area contributed by atoms with Gasteiger partial charge in [-0.15, -0.1) is 0 Å². The fraction of sp³-hybridized carbons (Fsp3) is 0.400. The summed E-state index contributed by atoms with van der Waals surface area (Å²) in [6.45, 7) is 3.86. The molecule has 9 heteroatoms. The predicted octanol–water partition coefficient (Wildman–Crippen LogP) is 2.31. The van der Waals surface area contributed by atoms with Crippen LogP contribution in [0, 0.1) is 0 Å². The lowest BCUT2D eigenvalue weighted by Gasteiger charge is -2.14. The number of hydrogen-bond acceptors (Lipinski definition) is 4. The number of nitrogens with zero attached hydrogens (tertiary/aromatic N) is 3. The molecule has 6 nitrogen and oxygen atoms in total. The van der Waals surface area contributed by atoms with E-state index in [0.29, 0.717) is 18.3 Å². The van der Waals surface area contributed by atoms with Gasteiger partial charge in [0.1, 0.15) is 0 Å². The van der Waals surface area contributed by atoms with E-state index in [1.54, 1.807) is 16.9 Å². The minimum atomic E-state index is -4.83. The van der Waals surface area contributed by atoms with E-state index in [9.17, 15) is 22.8 Å². The van der Waals surface area contributed by atoms with Gasteiger partial charge in [-0.2, -0.15) is 18.3 Å². The highest BCUT2D eigenvalue weighted by atomic mass is 19.4. The van der Waals surface area contributed by atoms with Crippen LogP contribution < -0.4 is 5.56 Å². The van der Waals surface area contributed by atoms with Crippen LogP contribution in [0.25, 0.3) is 0 Å². The van der Waals surface area contributed by atoms with Crippen LogP contribution in [-0.2, 0) is 24.0 Å². The molecule has 0 aliphatic rings. The topological polar surface area (TPSA) is 66.1 Å². The molecule has 0 saturated heterocycles. The highest BCUT2D eigenvalue weighted by Crippen LogP contribution is 2.31. The first-order valence-electron chi connectivity index (χ1n) is 7.27. The zero-order chi connectivity index (χ0) is 17.9. The van der Waals surface area contributed by atoms with E-state index in [2.05, 4.69) is 9.84 Å². The fourth-order valence-corrected chi connectivity index (χ4v) is 2.14. The first-order valence-corrected chi connectivity index (χ1v) is 7.27. The third kappa shape index (κ3) is 3.84. The first kappa shape index (κ1) is 17.8. The quantitative estimate of drug-likeness (QED) is 0.782. The summed E-state index contributed by atoms with van der Waals surface area (Å²) < 4.78 is 46.5. The van der Waals surface area contributed by atoms with Crippen molar-refractivity contribution in [3.8, 4) is 0 Å². The third-order valence-corrected chi connectivity index (χ3v) is 3.28. The number of carbonyl (C=O) groups is 1. The van der Waals surface area contributed by atoms with Crippen LogP contribution in [0.5, 0.6) is 0 Å². The van der Waals surface area contributed by atoms with Crippen molar-refractivity contribution >= 4 is 5.97 Å². The van der Waals surface area contributed by atoms with Gasteiger partial charge in [0.15, 0.2) is 0 Å². The average molecular weight is 343 g/mol. The molecule has 2 aromatic heterocycles. The highest BCUT2D eigenvalue weighted by molar-refractivity contribution is 5.91. The Morgan fingerprint density at radius 2 is 2.04 bits per heavy atom. The van der Waals surface area contributed by atoms with E-state index >= 15 is 0 Å². The molecule has 0 unspecified atom stereocenters. The van der Waals surface area contributed by atoms with Gasteiger partial charge in [-0.3, -0.25) is 9.48 Å². The van der Waals surface area contributed by atoms with Gasteiger partial charge in [0.2, 0.25) is 0 Å². The molecule has 130 valence electrons. The molecule has 0 atom stereocenters. The van der Waals surface area contributed by atoms with Crippen LogP contribution in [0.15, 0.2) is 29.3 Å². The zero-order valence-electron chi connectivity index (χ0n) is 13.1. The van der Waals surface area contributed by atoms with E-state index in [1.165, 1.54) is 6.92 Å². The summed E-state index contributed by atoms with van der Waals surface area (Å²) in [7, 11) is 0. The molecule has 2 aromatic rings. The van der Waals surface area contributed by atoms with Crippen LogP contribution in [0.3, 0.4) is 0 Å². The molecular formula is C15H16F3N3O3. The Kier molecular flexibility index (Phi) is 5.10. The Morgan fingerprint density at radius 1 is 1.33 bits per heavy atom. The fourth-order valence-electron chi connectivity index (χ4n) is 2.14. The van der Waals surface area contributed by atoms with Crippen LogP contribution >= 0.6 is 0 Å². The number of pyridine rings is 1. The first-order chi connectivity index (χ1) is 11.3. The number of aromatic nitrogens is 3.